The van der Waals surface area contributed by atoms with Crippen LogP contribution in [0.25, 0.3) is 11.8 Å². The van der Waals surface area contributed by atoms with E-state index in [1.807, 2.05) is 0 Å². The number of nitrogens with zero attached hydrogens (tertiary/aromatic N) is 1. The molecule has 1 aromatic carbocycles. The second-order valence-corrected chi connectivity index (χ2v) is 6.01. The molecular formula is C18H15N3O6. The van der Waals surface area contributed by atoms with Crippen molar-refractivity contribution in [2.75, 3.05) is 0 Å². The number of aromatic carboxylic acids is 2. The molecule has 9 nitrogen and oxygen atoms in total. The van der Waals surface area contributed by atoms with Gasteiger partial charge in [-0.05, 0) is 49.8 Å². The highest BCUT2D eigenvalue weighted by atomic mass is 16.4. The predicted molar refractivity (Wildman–Crippen MR) is 93.8 cm³/mol. The Balaban J connectivity index is 2.14. The van der Waals surface area contributed by atoms with Gasteiger partial charge in [-0.25, -0.2) is 14.4 Å². The molecule has 0 atom stereocenters. The maximum Gasteiger partial charge on any atom is 0.335 e. The molecule has 0 saturated carbocycles. The zero-order chi connectivity index (χ0) is 19.9. The van der Waals surface area contributed by atoms with E-state index in [1.54, 1.807) is 24.5 Å². The summed E-state index contributed by atoms with van der Waals surface area (Å²) in [6.07, 6.45) is 1.50. The number of carbonyl (C=O) groups excluding carboxylic acids is 2. The lowest BCUT2D eigenvalue weighted by molar-refractivity contribution is -0.115. The Morgan fingerprint density at radius 2 is 1.56 bits per heavy atom. The summed E-state index contributed by atoms with van der Waals surface area (Å²) in [5.74, 6) is -3.03. The van der Waals surface area contributed by atoms with Gasteiger partial charge < -0.3 is 20.1 Å². The van der Waals surface area contributed by atoms with Crippen molar-refractivity contribution in [3.05, 3.63) is 58.0 Å². The van der Waals surface area contributed by atoms with E-state index in [0.29, 0.717) is 22.6 Å². The number of rotatable bonds is 4. The molecule has 0 radical (unpaired) electrons. The lowest BCUT2D eigenvalue weighted by atomic mass is 10.1. The molecule has 0 unspecified atom stereocenters. The molecule has 2 aromatic rings. The van der Waals surface area contributed by atoms with Crippen LogP contribution in [0.4, 0.5) is 4.79 Å². The van der Waals surface area contributed by atoms with Gasteiger partial charge in [0.05, 0.1) is 11.1 Å². The second-order valence-electron chi connectivity index (χ2n) is 6.01. The maximum absolute atomic E-state index is 11.7. The largest absolute Gasteiger partial charge is 0.478 e. The molecule has 0 aliphatic carbocycles. The lowest BCUT2D eigenvalue weighted by Crippen LogP contribution is -2.22. The van der Waals surface area contributed by atoms with Crippen molar-refractivity contribution in [2.45, 2.75) is 13.8 Å². The monoisotopic (exact) mass is 369 g/mol. The first-order valence-corrected chi connectivity index (χ1v) is 7.82. The molecule has 1 fully saturated rings. The van der Waals surface area contributed by atoms with Gasteiger partial charge in [0, 0.05) is 17.1 Å². The molecule has 1 aromatic heterocycles. The van der Waals surface area contributed by atoms with E-state index in [-0.39, 0.29) is 16.8 Å². The minimum absolute atomic E-state index is 0.0887. The molecule has 2 heterocycles. The predicted octanol–water partition coefficient (Wildman–Crippen LogP) is 1.67. The van der Waals surface area contributed by atoms with Crippen LogP contribution in [0.1, 0.15) is 37.7 Å². The number of nitrogens with one attached hydrogen (secondary N) is 2. The highest BCUT2D eigenvalue weighted by Crippen LogP contribution is 2.25. The van der Waals surface area contributed by atoms with Gasteiger partial charge in [0.1, 0.15) is 5.70 Å². The summed E-state index contributed by atoms with van der Waals surface area (Å²) < 4.78 is 1.68. The Morgan fingerprint density at radius 3 is 2.04 bits per heavy atom. The van der Waals surface area contributed by atoms with Crippen molar-refractivity contribution in [3.63, 3.8) is 0 Å². The van der Waals surface area contributed by atoms with Crippen molar-refractivity contribution in [1.82, 2.24) is 15.2 Å². The first kappa shape index (κ1) is 17.9. The molecule has 1 aliphatic rings. The van der Waals surface area contributed by atoms with Crippen molar-refractivity contribution in [1.29, 1.82) is 0 Å². The maximum atomic E-state index is 11.7. The van der Waals surface area contributed by atoms with E-state index >= 15 is 0 Å². The topological polar surface area (TPSA) is 138 Å². The van der Waals surface area contributed by atoms with Crippen molar-refractivity contribution < 1.29 is 29.4 Å². The summed E-state index contributed by atoms with van der Waals surface area (Å²) in [6.45, 7) is 3.50. The number of carbonyl (C=O) groups is 4. The third-order valence-electron chi connectivity index (χ3n) is 4.16. The molecule has 1 aliphatic heterocycles. The second kappa shape index (κ2) is 6.45. The van der Waals surface area contributed by atoms with Crippen molar-refractivity contribution in [2.24, 2.45) is 0 Å². The van der Waals surface area contributed by atoms with Crippen LogP contribution in [0.3, 0.4) is 0 Å². The molecule has 27 heavy (non-hydrogen) atoms. The van der Waals surface area contributed by atoms with Gasteiger partial charge in [0.15, 0.2) is 0 Å². The SMILES string of the molecule is Cc1cc(/C=C2/NC(=O)NC2=O)c(C)n1-c1cc(C(=O)O)cc(C(=O)O)c1. The summed E-state index contributed by atoms with van der Waals surface area (Å²) in [4.78, 5) is 45.6. The Hall–Kier alpha value is -3.88. The quantitative estimate of drug-likeness (QED) is 0.478. The first-order chi connectivity index (χ1) is 12.7. The Kier molecular flexibility index (Phi) is 4.28. The van der Waals surface area contributed by atoms with Gasteiger partial charge in [-0.3, -0.25) is 10.1 Å². The number of carboxylic acids is 2. The molecule has 0 spiro atoms. The molecule has 1 saturated heterocycles. The van der Waals surface area contributed by atoms with Crippen LogP contribution >= 0.6 is 0 Å². The number of amides is 3. The van der Waals surface area contributed by atoms with Crippen LogP contribution in [0.15, 0.2) is 30.0 Å². The fourth-order valence-electron chi connectivity index (χ4n) is 2.96. The fraction of sp³-hybridized carbons (Fsp3) is 0.111. The average molecular weight is 369 g/mol. The summed E-state index contributed by atoms with van der Waals surface area (Å²) in [6, 6.07) is 4.96. The number of imide groups is 1. The van der Waals surface area contributed by atoms with E-state index in [1.165, 1.54) is 18.2 Å². The number of aromatic nitrogens is 1. The highest BCUT2D eigenvalue weighted by molar-refractivity contribution is 6.14. The molecule has 3 amide bonds. The molecule has 0 bridgehead atoms. The fourth-order valence-corrected chi connectivity index (χ4v) is 2.96. The van der Waals surface area contributed by atoms with Crippen molar-refractivity contribution in [3.8, 4) is 5.69 Å². The van der Waals surface area contributed by atoms with E-state index in [0.717, 1.165) is 6.07 Å². The molecule has 4 N–H and O–H groups in total. The van der Waals surface area contributed by atoms with Crippen LogP contribution in [-0.2, 0) is 4.79 Å². The van der Waals surface area contributed by atoms with Crippen LogP contribution in [0.5, 0.6) is 0 Å². The number of benzene rings is 1. The lowest BCUT2D eigenvalue weighted by Gasteiger charge is -2.12. The third kappa shape index (κ3) is 3.30. The van der Waals surface area contributed by atoms with E-state index in [4.69, 9.17) is 0 Å². The van der Waals surface area contributed by atoms with E-state index < -0.39 is 23.9 Å². The average Bonchev–Trinajstić information content (AvgIpc) is 3.05. The zero-order valence-electron chi connectivity index (χ0n) is 14.4. The van der Waals surface area contributed by atoms with Crippen LogP contribution in [0.2, 0.25) is 0 Å². The van der Waals surface area contributed by atoms with E-state index in [9.17, 15) is 29.4 Å². The van der Waals surface area contributed by atoms with Gasteiger partial charge in [-0.1, -0.05) is 0 Å². The third-order valence-corrected chi connectivity index (χ3v) is 4.16. The normalized spacial score (nSPS) is 15.0. The first-order valence-electron chi connectivity index (χ1n) is 7.82. The summed E-state index contributed by atoms with van der Waals surface area (Å²) in [5, 5.41) is 23.0. The minimum Gasteiger partial charge on any atom is -0.478 e. The summed E-state index contributed by atoms with van der Waals surface area (Å²) >= 11 is 0. The summed E-state index contributed by atoms with van der Waals surface area (Å²) in [7, 11) is 0. The highest BCUT2D eigenvalue weighted by Gasteiger charge is 2.24. The van der Waals surface area contributed by atoms with Gasteiger partial charge in [-0.15, -0.1) is 0 Å². The smallest absolute Gasteiger partial charge is 0.335 e. The molecule has 3 rings (SSSR count). The minimum atomic E-state index is -1.24. The van der Waals surface area contributed by atoms with E-state index in [2.05, 4.69) is 10.6 Å². The number of hydrogen-bond donors (Lipinski definition) is 4. The van der Waals surface area contributed by atoms with Gasteiger partial charge in [0.2, 0.25) is 0 Å². The Bertz CT molecular complexity index is 1020. The van der Waals surface area contributed by atoms with Gasteiger partial charge in [0.25, 0.3) is 5.91 Å². The standard InChI is InChI=1S/C18H15N3O6/c1-8-3-10(7-14-15(22)20-18(27)19-14)9(2)21(8)13-5-11(16(23)24)4-12(6-13)17(25)26/h3-7H,1-2H3,(H,23,24)(H,25,26)(H2,19,20,22,27)/b14-7+. The Labute approximate surface area is 152 Å². The Morgan fingerprint density at radius 1 is 0.963 bits per heavy atom. The van der Waals surface area contributed by atoms with Crippen LogP contribution in [-0.4, -0.2) is 38.7 Å². The number of aryl methyl sites for hydroxylation is 1. The summed E-state index contributed by atoms with van der Waals surface area (Å²) in [5.41, 5.74) is 2.12. The zero-order valence-corrected chi connectivity index (χ0v) is 14.4. The molecular weight excluding hydrogens is 354 g/mol. The van der Waals surface area contributed by atoms with Crippen molar-refractivity contribution >= 4 is 30.0 Å². The van der Waals surface area contributed by atoms with Crippen LogP contribution < -0.4 is 10.6 Å². The molecule has 9 heteroatoms. The number of urea groups is 1. The molecule has 138 valence electrons. The van der Waals surface area contributed by atoms with Gasteiger partial charge >= 0.3 is 18.0 Å². The van der Waals surface area contributed by atoms with Gasteiger partial charge in [-0.2, -0.15) is 0 Å². The number of hydrogen-bond acceptors (Lipinski definition) is 4. The number of carboxylic acid groups (broad SMARTS) is 2. The van der Waals surface area contributed by atoms with Crippen LogP contribution in [0, 0.1) is 13.8 Å².